The highest BCUT2D eigenvalue weighted by Crippen LogP contribution is 2.17. The van der Waals surface area contributed by atoms with Crippen molar-refractivity contribution >= 4 is 23.7 Å². The van der Waals surface area contributed by atoms with Gasteiger partial charge in [0.1, 0.15) is 11.5 Å². The first-order valence-corrected chi connectivity index (χ1v) is 7.61. The SMILES string of the molecule is COC(=O)O/N=C(\C)CN.COc1ccc(OC(=O)O/N=C(\C)CN)cc1. The zero-order valence-corrected chi connectivity index (χ0v) is 15.6. The number of nitrogens with zero attached hydrogens (tertiary/aromatic N) is 2. The van der Waals surface area contributed by atoms with Gasteiger partial charge in [-0.25, -0.2) is 9.59 Å². The first kappa shape index (κ1) is 23.8. The number of nitrogens with two attached hydrogens (primary N) is 2. The van der Waals surface area contributed by atoms with Crippen LogP contribution in [0.2, 0.25) is 0 Å². The van der Waals surface area contributed by atoms with Crippen molar-refractivity contribution in [2.45, 2.75) is 13.8 Å². The van der Waals surface area contributed by atoms with Crippen molar-refractivity contribution in [2.24, 2.45) is 21.8 Å². The third-order valence-corrected chi connectivity index (χ3v) is 2.57. The molecule has 0 unspecified atom stereocenters. The smallest absolute Gasteiger partial charge is 0.497 e. The van der Waals surface area contributed by atoms with Crippen molar-refractivity contribution < 1.29 is 33.5 Å². The lowest BCUT2D eigenvalue weighted by Crippen LogP contribution is -2.13. The first-order valence-electron chi connectivity index (χ1n) is 7.61. The fourth-order valence-corrected chi connectivity index (χ4v) is 1.10. The molecule has 0 bridgehead atoms. The number of hydrogen-bond donors (Lipinski definition) is 2. The van der Waals surface area contributed by atoms with Gasteiger partial charge < -0.3 is 25.7 Å². The third-order valence-electron chi connectivity index (χ3n) is 2.57. The molecule has 0 saturated carbocycles. The van der Waals surface area contributed by atoms with Gasteiger partial charge in [-0.3, -0.25) is 9.68 Å². The third kappa shape index (κ3) is 11.9. The number of methoxy groups -OCH3 is 2. The van der Waals surface area contributed by atoms with E-state index in [1.54, 1.807) is 45.2 Å². The van der Waals surface area contributed by atoms with Crippen LogP contribution in [0.5, 0.6) is 11.5 Å². The van der Waals surface area contributed by atoms with Gasteiger partial charge >= 0.3 is 12.3 Å². The monoisotopic (exact) mass is 384 g/mol. The van der Waals surface area contributed by atoms with E-state index in [4.69, 9.17) is 20.9 Å². The molecular weight excluding hydrogens is 360 g/mol. The van der Waals surface area contributed by atoms with Crippen molar-refractivity contribution in [1.29, 1.82) is 0 Å². The van der Waals surface area contributed by atoms with Gasteiger partial charge in [0.05, 0.1) is 25.6 Å². The van der Waals surface area contributed by atoms with E-state index in [0.29, 0.717) is 22.9 Å². The summed E-state index contributed by atoms with van der Waals surface area (Å²) in [6.45, 7) is 3.76. The fourth-order valence-electron chi connectivity index (χ4n) is 1.10. The number of benzene rings is 1. The van der Waals surface area contributed by atoms with Crippen LogP contribution < -0.4 is 20.9 Å². The Morgan fingerprint density at radius 1 is 0.852 bits per heavy atom. The second kappa shape index (κ2) is 14.0. The molecule has 11 heteroatoms. The summed E-state index contributed by atoms with van der Waals surface area (Å²) in [7, 11) is 2.75. The van der Waals surface area contributed by atoms with Crippen LogP contribution in [0.3, 0.4) is 0 Å². The Kier molecular flexibility index (Phi) is 12.4. The van der Waals surface area contributed by atoms with Gasteiger partial charge in [0, 0.05) is 13.1 Å². The van der Waals surface area contributed by atoms with Crippen molar-refractivity contribution in [1.82, 2.24) is 0 Å². The summed E-state index contributed by atoms with van der Waals surface area (Å²) in [6, 6.07) is 6.49. The summed E-state index contributed by atoms with van der Waals surface area (Å²) in [5.41, 5.74) is 11.4. The van der Waals surface area contributed by atoms with Crippen molar-refractivity contribution in [2.75, 3.05) is 27.3 Å². The quantitative estimate of drug-likeness (QED) is 0.244. The molecule has 0 aliphatic rings. The van der Waals surface area contributed by atoms with E-state index in [1.807, 2.05) is 0 Å². The van der Waals surface area contributed by atoms with Gasteiger partial charge in [-0.2, -0.15) is 0 Å². The Hall–Kier alpha value is -3.18. The van der Waals surface area contributed by atoms with Crippen LogP contribution in [0.15, 0.2) is 34.6 Å². The van der Waals surface area contributed by atoms with Crippen LogP contribution in [0, 0.1) is 0 Å². The molecule has 0 atom stereocenters. The lowest BCUT2D eigenvalue weighted by atomic mass is 10.3. The minimum atomic E-state index is -0.914. The molecule has 4 N–H and O–H groups in total. The van der Waals surface area contributed by atoms with Crippen LogP contribution in [0.4, 0.5) is 9.59 Å². The summed E-state index contributed by atoms with van der Waals surface area (Å²) in [5.74, 6) is 1.01. The summed E-state index contributed by atoms with van der Waals surface area (Å²) in [4.78, 5) is 30.1. The molecule has 0 fully saturated rings. The number of oxime groups is 2. The zero-order chi connectivity index (χ0) is 20.7. The Labute approximate surface area is 156 Å². The van der Waals surface area contributed by atoms with E-state index in [1.165, 1.54) is 7.11 Å². The molecular formula is C16H24N4O7. The van der Waals surface area contributed by atoms with Gasteiger partial charge in [0.25, 0.3) is 0 Å². The molecule has 0 aliphatic heterocycles. The van der Waals surface area contributed by atoms with E-state index in [9.17, 15) is 9.59 Å². The van der Waals surface area contributed by atoms with Crippen molar-refractivity contribution in [3.63, 3.8) is 0 Å². The number of ether oxygens (including phenoxy) is 3. The molecule has 0 radical (unpaired) electrons. The van der Waals surface area contributed by atoms with Crippen molar-refractivity contribution in [3.05, 3.63) is 24.3 Å². The van der Waals surface area contributed by atoms with Crippen LogP contribution >= 0.6 is 0 Å². The highest BCUT2D eigenvalue weighted by atomic mass is 16.8. The minimum Gasteiger partial charge on any atom is -0.497 e. The Morgan fingerprint density at radius 2 is 1.30 bits per heavy atom. The molecule has 0 amide bonds. The Bertz CT molecular complexity index is 645. The van der Waals surface area contributed by atoms with E-state index < -0.39 is 12.3 Å². The number of carbonyl (C=O) groups is 2. The molecule has 1 aromatic carbocycles. The van der Waals surface area contributed by atoms with Gasteiger partial charge in [0.2, 0.25) is 0 Å². The molecule has 0 spiro atoms. The molecule has 0 aromatic heterocycles. The number of hydrogen-bond acceptors (Lipinski definition) is 11. The van der Waals surface area contributed by atoms with Crippen LogP contribution in [-0.2, 0) is 14.4 Å². The van der Waals surface area contributed by atoms with Crippen LogP contribution in [0.25, 0.3) is 0 Å². The molecule has 11 nitrogen and oxygen atoms in total. The van der Waals surface area contributed by atoms with Gasteiger partial charge in [-0.05, 0) is 38.1 Å². The topological polar surface area (TPSA) is 157 Å². The summed E-state index contributed by atoms with van der Waals surface area (Å²) >= 11 is 0. The Balaban J connectivity index is 0.000000580. The summed E-state index contributed by atoms with van der Waals surface area (Å²) < 4.78 is 13.9. The fraction of sp³-hybridized carbons (Fsp3) is 0.375. The highest BCUT2D eigenvalue weighted by Gasteiger charge is 2.06. The molecule has 0 aliphatic carbocycles. The second-order valence-electron chi connectivity index (χ2n) is 4.73. The molecule has 1 rings (SSSR count). The average molecular weight is 384 g/mol. The summed E-state index contributed by atoms with van der Waals surface area (Å²) in [5, 5.41) is 6.80. The normalized spacial score (nSPS) is 10.9. The summed E-state index contributed by atoms with van der Waals surface area (Å²) in [6.07, 6.45) is -1.75. The van der Waals surface area contributed by atoms with E-state index in [0.717, 1.165) is 0 Å². The predicted molar refractivity (Wildman–Crippen MR) is 97.9 cm³/mol. The molecule has 27 heavy (non-hydrogen) atoms. The molecule has 150 valence electrons. The zero-order valence-electron chi connectivity index (χ0n) is 15.6. The Morgan fingerprint density at radius 3 is 1.70 bits per heavy atom. The maximum Gasteiger partial charge on any atom is 0.540 e. The molecule has 1 aromatic rings. The molecule has 0 heterocycles. The van der Waals surface area contributed by atoms with Gasteiger partial charge in [0.15, 0.2) is 0 Å². The molecule has 0 saturated heterocycles. The lowest BCUT2D eigenvalue weighted by Gasteiger charge is -2.03. The maximum atomic E-state index is 11.2. The van der Waals surface area contributed by atoms with Gasteiger partial charge in [-0.15, -0.1) is 0 Å². The average Bonchev–Trinajstić information content (AvgIpc) is 2.70. The van der Waals surface area contributed by atoms with Crippen LogP contribution in [-0.4, -0.2) is 51.0 Å². The lowest BCUT2D eigenvalue weighted by molar-refractivity contribution is 0.0751. The van der Waals surface area contributed by atoms with Crippen LogP contribution in [0.1, 0.15) is 13.8 Å². The maximum absolute atomic E-state index is 11.2. The number of rotatable bonds is 6. The van der Waals surface area contributed by atoms with E-state index >= 15 is 0 Å². The minimum absolute atomic E-state index is 0.218. The standard InChI is InChI=1S/C11H14N2O4.C5H10N2O3/c1-8(7-12)13-17-11(14)16-10-5-3-9(15-2)4-6-10;1-4(3-6)7-10-5(8)9-2/h3-6H,7,12H2,1-2H3;3,6H2,1-2H3/b13-8+;7-4+. The largest absolute Gasteiger partial charge is 0.540 e. The van der Waals surface area contributed by atoms with E-state index in [-0.39, 0.29) is 13.1 Å². The highest BCUT2D eigenvalue weighted by molar-refractivity contribution is 5.84. The number of carbonyl (C=O) groups excluding carboxylic acids is 2. The first-order chi connectivity index (χ1) is 12.9. The van der Waals surface area contributed by atoms with Crippen molar-refractivity contribution in [3.8, 4) is 11.5 Å². The van der Waals surface area contributed by atoms with E-state index in [2.05, 4.69) is 24.7 Å². The predicted octanol–water partition coefficient (Wildman–Crippen LogP) is 1.65. The van der Waals surface area contributed by atoms with Gasteiger partial charge in [-0.1, -0.05) is 10.3 Å². The second-order valence-corrected chi connectivity index (χ2v) is 4.73.